The monoisotopic (exact) mass is 408 g/mol. The highest BCUT2D eigenvalue weighted by molar-refractivity contribution is 5.81. The van der Waals surface area contributed by atoms with E-state index in [0.717, 1.165) is 33.4 Å². The van der Waals surface area contributed by atoms with Gasteiger partial charge >= 0.3 is 0 Å². The van der Waals surface area contributed by atoms with E-state index in [0.29, 0.717) is 17.6 Å². The van der Waals surface area contributed by atoms with Crippen molar-refractivity contribution in [2.24, 2.45) is 0 Å². The van der Waals surface area contributed by atoms with Crippen molar-refractivity contribution in [3.05, 3.63) is 79.1 Å². The predicted octanol–water partition coefficient (Wildman–Crippen LogP) is 4.53. The van der Waals surface area contributed by atoms with Crippen molar-refractivity contribution in [3.8, 4) is 16.8 Å². The first-order valence-corrected chi connectivity index (χ1v) is 9.97. The highest BCUT2D eigenvalue weighted by atomic mass is 15.3. The Bertz CT molecular complexity index is 1340. The maximum Gasteiger partial charge on any atom is 0.154 e. The van der Waals surface area contributed by atoms with E-state index in [1.165, 1.54) is 0 Å². The van der Waals surface area contributed by atoms with Crippen LogP contribution in [0.2, 0.25) is 0 Å². The largest absolute Gasteiger partial charge is 0.323 e. The lowest BCUT2D eigenvalue weighted by Gasteiger charge is -2.09. The fourth-order valence-electron chi connectivity index (χ4n) is 3.23. The Labute approximate surface area is 179 Å². The number of fused-ring (bicyclic) bond motifs is 1. The van der Waals surface area contributed by atoms with Crippen LogP contribution in [0.4, 0.5) is 11.6 Å². The van der Waals surface area contributed by atoms with Gasteiger partial charge in [-0.25, -0.2) is 9.67 Å². The first kappa shape index (κ1) is 18.8. The molecule has 0 saturated carbocycles. The molecule has 0 atom stereocenters. The summed E-state index contributed by atoms with van der Waals surface area (Å²) >= 11 is 0. The number of nitrogens with zero attached hydrogens (tertiary/aromatic N) is 7. The molecule has 31 heavy (non-hydrogen) atoms. The number of rotatable bonds is 5. The van der Waals surface area contributed by atoms with Crippen molar-refractivity contribution in [2.45, 2.75) is 19.8 Å². The van der Waals surface area contributed by atoms with Gasteiger partial charge in [0.2, 0.25) is 0 Å². The van der Waals surface area contributed by atoms with Crippen LogP contribution >= 0.6 is 0 Å². The van der Waals surface area contributed by atoms with Gasteiger partial charge < -0.3 is 5.32 Å². The Morgan fingerprint density at radius 1 is 0.871 bits per heavy atom. The molecule has 0 aliphatic rings. The van der Waals surface area contributed by atoms with Gasteiger partial charge in [-0.2, -0.15) is 10.2 Å². The van der Waals surface area contributed by atoms with Crippen LogP contribution in [0, 0.1) is 0 Å². The zero-order valence-corrected chi connectivity index (χ0v) is 17.1. The molecule has 0 aliphatic heterocycles. The van der Waals surface area contributed by atoms with Crippen LogP contribution in [0.1, 0.15) is 25.3 Å². The average molecular weight is 408 g/mol. The van der Waals surface area contributed by atoms with E-state index in [1.807, 2.05) is 59.7 Å². The quantitative estimate of drug-likeness (QED) is 0.456. The zero-order valence-electron chi connectivity index (χ0n) is 17.1. The Morgan fingerprint density at radius 2 is 1.74 bits per heavy atom. The molecule has 152 valence electrons. The van der Waals surface area contributed by atoms with Crippen LogP contribution in [0.25, 0.3) is 27.8 Å². The van der Waals surface area contributed by atoms with Crippen molar-refractivity contribution < 1.29 is 0 Å². The number of pyridine rings is 3. The van der Waals surface area contributed by atoms with Crippen LogP contribution in [-0.4, -0.2) is 34.9 Å². The van der Waals surface area contributed by atoms with E-state index < -0.39 is 0 Å². The Balaban J connectivity index is 1.45. The van der Waals surface area contributed by atoms with E-state index in [4.69, 9.17) is 4.98 Å². The summed E-state index contributed by atoms with van der Waals surface area (Å²) in [6.07, 6.45) is 10.9. The molecule has 5 heterocycles. The molecule has 5 aromatic heterocycles. The third kappa shape index (κ3) is 3.95. The van der Waals surface area contributed by atoms with Crippen molar-refractivity contribution in [3.63, 3.8) is 0 Å². The molecule has 0 unspecified atom stereocenters. The standard InChI is InChI=1S/C23H20N8/c1-15(2)16-10-23(30-26-12-16)29-22-4-3-20-21(28-22)9-17(11-25-20)18-13-27-31(14-18)19-5-7-24-8-6-19/h3-15H,1-2H3,(H,28,29,30). The summed E-state index contributed by atoms with van der Waals surface area (Å²) < 4.78 is 1.81. The van der Waals surface area contributed by atoms with Crippen LogP contribution in [0.15, 0.2) is 73.6 Å². The summed E-state index contributed by atoms with van der Waals surface area (Å²) in [7, 11) is 0. The second-order valence-electron chi connectivity index (χ2n) is 7.49. The van der Waals surface area contributed by atoms with E-state index in [2.05, 4.69) is 44.4 Å². The van der Waals surface area contributed by atoms with Gasteiger partial charge in [-0.3, -0.25) is 9.97 Å². The third-order valence-electron chi connectivity index (χ3n) is 4.98. The van der Waals surface area contributed by atoms with Crippen LogP contribution < -0.4 is 5.32 Å². The maximum atomic E-state index is 4.72. The zero-order chi connectivity index (χ0) is 21.2. The number of hydrogen-bond donors (Lipinski definition) is 1. The van der Waals surface area contributed by atoms with E-state index >= 15 is 0 Å². The van der Waals surface area contributed by atoms with Gasteiger partial charge in [-0.1, -0.05) is 13.8 Å². The molecule has 0 aliphatic carbocycles. The molecule has 0 saturated heterocycles. The molecule has 1 N–H and O–H groups in total. The Morgan fingerprint density at radius 3 is 2.58 bits per heavy atom. The lowest BCUT2D eigenvalue weighted by Crippen LogP contribution is -2.00. The number of hydrogen-bond acceptors (Lipinski definition) is 7. The summed E-state index contributed by atoms with van der Waals surface area (Å²) in [5, 5.41) is 15.9. The molecule has 0 bridgehead atoms. The fourth-order valence-corrected chi connectivity index (χ4v) is 3.23. The first-order valence-electron chi connectivity index (χ1n) is 9.97. The lowest BCUT2D eigenvalue weighted by molar-refractivity contribution is 0.843. The molecule has 0 radical (unpaired) electrons. The van der Waals surface area contributed by atoms with E-state index in [9.17, 15) is 0 Å². The summed E-state index contributed by atoms with van der Waals surface area (Å²) in [4.78, 5) is 13.3. The van der Waals surface area contributed by atoms with Crippen LogP contribution in [-0.2, 0) is 0 Å². The molecule has 0 fully saturated rings. The van der Waals surface area contributed by atoms with E-state index in [1.54, 1.807) is 18.6 Å². The van der Waals surface area contributed by atoms with Gasteiger partial charge in [0.15, 0.2) is 5.82 Å². The summed E-state index contributed by atoms with van der Waals surface area (Å²) in [5.41, 5.74) is 5.57. The third-order valence-corrected chi connectivity index (χ3v) is 4.98. The van der Waals surface area contributed by atoms with Crippen molar-refractivity contribution in [1.82, 2.24) is 34.9 Å². The SMILES string of the molecule is CC(C)c1cnnc(Nc2ccc3ncc(-c4cnn(-c5ccncc5)c4)cc3n2)c1. The molecule has 5 aromatic rings. The smallest absolute Gasteiger partial charge is 0.154 e. The highest BCUT2D eigenvalue weighted by Gasteiger charge is 2.08. The summed E-state index contributed by atoms with van der Waals surface area (Å²) in [5.74, 6) is 1.73. The molecule has 8 heteroatoms. The minimum Gasteiger partial charge on any atom is -0.323 e. The second-order valence-corrected chi connectivity index (χ2v) is 7.49. The maximum absolute atomic E-state index is 4.72. The fraction of sp³-hybridized carbons (Fsp3) is 0.130. The van der Waals surface area contributed by atoms with Gasteiger partial charge in [0.05, 0.1) is 29.1 Å². The summed E-state index contributed by atoms with van der Waals surface area (Å²) in [6.45, 7) is 4.25. The Kier molecular flexibility index (Phi) is 4.80. The molecular formula is C23H20N8. The van der Waals surface area contributed by atoms with Crippen molar-refractivity contribution in [1.29, 1.82) is 0 Å². The number of anilines is 2. The predicted molar refractivity (Wildman–Crippen MR) is 119 cm³/mol. The van der Waals surface area contributed by atoms with Gasteiger partial charge in [0, 0.05) is 35.9 Å². The van der Waals surface area contributed by atoms with Gasteiger partial charge in [-0.15, -0.1) is 5.10 Å². The number of nitrogens with one attached hydrogen (secondary N) is 1. The number of aromatic nitrogens is 7. The van der Waals surface area contributed by atoms with Crippen molar-refractivity contribution >= 4 is 22.7 Å². The lowest BCUT2D eigenvalue weighted by atomic mass is 10.1. The molecule has 0 aromatic carbocycles. The van der Waals surface area contributed by atoms with Crippen LogP contribution in [0.3, 0.4) is 0 Å². The van der Waals surface area contributed by atoms with Crippen molar-refractivity contribution in [2.75, 3.05) is 5.32 Å². The van der Waals surface area contributed by atoms with Gasteiger partial charge in [0.25, 0.3) is 0 Å². The minimum absolute atomic E-state index is 0.375. The van der Waals surface area contributed by atoms with E-state index in [-0.39, 0.29) is 0 Å². The van der Waals surface area contributed by atoms with Gasteiger partial charge in [-0.05, 0) is 47.9 Å². The Hall–Kier alpha value is -4.20. The topological polar surface area (TPSA) is 94.3 Å². The summed E-state index contributed by atoms with van der Waals surface area (Å²) in [6, 6.07) is 11.6. The van der Waals surface area contributed by atoms with Crippen LogP contribution in [0.5, 0.6) is 0 Å². The highest BCUT2D eigenvalue weighted by Crippen LogP contribution is 2.24. The van der Waals surface area contributed by atoms with Gasteiger partial charge in [0.1, 0.15) is 5.82 Å². The second kappa shape index (κ2) is 7.91. The molecule has 0 spiro atoms. The average Bonchev–Trinajstić information content (AvgIpc) is 3.30. The first-order chi connectivity index (χ1) is 15.2. The molecule has 0 amide bonds. The molecule has 8 nitrogen and oxygen atoms in total. The molecular weight excluding hydrogens is 388 g/mol. The minimum atomic E-state index is 0.375. The normalized spacial score (nSPS) is 11.2. The molecule has 5 rings (SSSR count).